The van der Waals surface area contributed by atoms with E-state index in [0.29, 0.717) is 18.2 Å². The smallest absolute Gasteiger partial charge is 0.319 e. The highest BCUT2D eigenvalue weighted by Crippen LogP contribution is 2.27. The lowest BCUT2D eigenvalue weighted by molar-refractivity contribution is 0.163. The van der Waals surface area contributed by atoms with E-state index in [4.69, 9.17) is 0 Å². The minimum atomic E-state index is -0.338. The molecule has 0 unspecified atom stereocenters. The van der Waals surface area contributed by atoms with Gasteiger partial charge in [0.1, 0.15) is 0 Å². The van der Waals surface area contributed by atoms with Crippen LogP contribution in [0, 0.1) is 5.92 Å². The molecule has 1 aromatic rings. The molecule has 0 aliphatic heterocycles. The fourth-order valence-electron chi connectivity index (χ4n) is 2.11. The maximum absolute atomic E-state index is 11.9. The fraction of sp³-hybridized carbons (Fsp3) is 0.562. The van der Waals surface area contributed by atoms with Crippen molar-refractivity contribution in [3.63, 3.8) is 0 Å². The molecule has 5 heteroatoms. The van der Waals surface area contributed by atoms with Crippen molar-refractivity contribution < 1.29 is 9.90 Å². The van der Waals surface area contributed by atoms with Crippen molar-refractivity contribution >= 4 is 23.5 Å². The number of urea groups is 1. The number of benzene rings is 1. The van der Waals surface area contributed by atoms with Crippen molar-refractivity contribution in [2.45, 2.75) is 38.5 Å². The molecular formula is C16H26N2O2S. The Morgan fingerprint density at radius 3 is 2.67 bits per heavy atom. The molecule has 0 aliphatic rings. The molecule has 118 valence electrons. The summed E-state index contributed by atoms with van der Waals surface area (Å²) in [7, 11) is 0. The second-order valence-corrected chi connectivity index (χ2v) is 6.71. The van der Waals surface area contributed by atoms with Crippen LogP contribution < -0.4 is 10.6 Å². The zero-order valence-electron chi connectivity index (χ0n) is 13.2. The van der Waals surface area contributed by atoms with Gasteiger partial charge in [0.2, 0.25) is 0 Å². The largest absolute Gasteiger partial charge is 0.393 e. The van der Waals surface area contributed by atoms with Crippen molar-refractivity contribution in [1.82, 2.24) is 5.32 Å². The molecule has 2 amide bonds. The highest BCUT2D eigenvalue weighted by molar-refractivity contribution is 7.98. The quantitative estimate of drug-likeness (QED) is 0.720. The van der Waals surface area contributed by atoms with Crippen molar-refractivity contribution in [3.8, 4) is 0 Å². The monoisotopic (exact) mass is 310 g/mol. The Balaban J connectivity index is 2.48. The van der Waals surface area contributed by atoms with Gasteiger partial charge in [-0.1, -0.05) is 19.1 Å². The van der Waals surface area contributed by atoms with Gasteiger partial charge in [0.15, 0.2) is 0 Å². The number of nitrogens with one attached hydrogen (secondary N) is 2. The Hall–Kier alpha value is -1.20. The zero-order chi connectivity index (χ0) is 15.8. The van der Waals surface area contributed by atoms with E-state index in [9.17, 15) is 9.90 Å². The molecule has 4 nitrogen and oxygen atoms in total. The molecule has 0 saturated carbocycles. The third-order valence-electron chi connectivity index (χ3n) is 3.32. The topological polar surface area (TPSA) is 61.4 Å². The van der Waals surface area contributed by atoms with E-state index in [-0.39, 0.29) is 18.1 Å². The molecule has 0 radical (unpaired) electrons. The van der Waals surface area contributed by atoms with E-state index in [1.807, 2.05) is 25.1 Å². The molecule has 1 rings (SSSR count). The molecule has 0 heterocycles. The first kappa shape index (κ1) is 17.9. The van der Waals surface area contributed by atoms with Gasteiger partial charge >= 0.3 is 6.03 Å². The standard InChI is InChI=1S/C16H26N2O2S/c1-11(8-12(2)19)10-17-16(20)18-15-7-5-6-14(9-15)13(3)21-4/h5-7,9,11-13,19H,8,10H2,1-4H3,(H2,17,18,20)/t11-,12-,13-/m1/s1. The third-order valence-corrected chi connectivity index (χ3v) is 4.30. The Labute approximate surface area is 131 Å². The van der Waals surface area contributed by atoms with Gasteiger partial charge in [0, 0.05) is 17.5 Å². The molecule has 1 aromatic carbocycles. The van der Waals surface area contributed by atoms with E-state index < -0.39 is 0 Å². The van der Waals surface area contributed by atoms with Crippen LogP contribution in [0.1, 0.15) is 38.0 Å². The van der Waals surface area contributed by atoms with E-state index >= 15 is 0 Å². The molecule has 3 atom stereocenters. The fourth-order valence-corrected chi connectivity index (χ4v) is 2.53. The van der Waals surface area contributed by atoms with Crippen LogP contribution in [-0.2, 0) is 0 Å². The number of aliphatic hydroxyl groups excluding tert-OH is 1. The molecule has 0 fully saturated rings. The van der Waals surface area contributed by atoms with Crippen LogP contribution in [0.25, 0.3) is 0 Å². The van der Waals surface area contributed by atoms with Crippen LogP contribution in [-0.4, -0.2) is 30.0 Å². The second-order valence-electron chi connectivity index (χ2n) is 5.53. The Bertz CT molecular complexity index is 452. The predicted molar refractivity (Wildman–Crippen MR) is 90.9 cm³/mol. The zero-order valence-corrected chi connectivity index (χ0v) is 14.0. The minimum Gasteiger partial charge on any atom is -0.393 e. The highest BCUT2D eigenvalue weighted by Gasteiger charge is 2.09. The average Bonchev–Trinajstić information content (AvgIpc) is 2.44. The molecule has 21 heavy (non-hydrogen) atoms. The maximum Gasteiger partial charge on any atom is 0.319 e. The van der Waals surface area contributed by atoms with E-state index in [1.165, 1.54) is 5.56 Å². The van der Waals surface area contributed by atoms with Crippen molar-refractivity contribution in [2.75, 3.05) is 18.1 Å². The van der Waals surface area contributed by atoms with Gasteiger partial charge in [-0.15, -0.1) is 0 Å². The normalized spacial score (nSPS) is 15.1. The van der Waals surface area contributed by atoms with Gasteiger partial charge in [-0.2, -0.15) is 11.8 Å². The molecule has 0 saturated heterocycles. The molecule has 0 bridgehead atoms. The first-order valence-electron chi connectivity index (χ1n) is 7.28. The van der Waals surface area contributed by atoms with Crippen LogP contribution in [0.5, 0.6) is 0 Å². The highest BCUT2D eigenvalue weighted by atomic mass is 32.2. The number of carbonyl (C=O) groups excluding carboxylic acids is 1. The number of amides is 2. The van der Waals surface area contributed by atoms with E-state index in [1.54, 1.807) is 18.7 Å². The van der Waals surface area contributed by atoms with Crippen molar-refractivity contribution in [2.24, 2.45) is 5.92 Å². The lowest BCUT2D eigenvalue weighted by Crippen LogP contribution is -2.33. The summed E-state index contributed by atoms with van der Waals surface area (Å²) in [5.41, 5.74) is 2.00. The number of thioether (sulfide) groups is 1. The third kappa shape index (κ3) is 6.87. The summed E-state index contributed by atoms with van der Waals surface area (Å²) < 4.78 is 0. The molecule has 0 aromatic heterocycles. The Morgan fingerprint density at radius 1 is 1.33 bits per heavy atom. The van der Waals surface area contributed by atoms with Gasteiger partial charge < -0.3 is 15.7 Å². The second kappa shape index (κ2) is 8.95. The number of hydrogen-bond acceptors (Lipinski definition) is 3. The van der Waals surface area contributed by atoms with Crippen LogP contribution in [0.4, 0.5) is 10.5 Å². The first-order valence-corrected chi connectivity index (χ1v) is 8.56. The van der Waals surface area contributed by atoms with Crippen LogP contribution in [0.2, 0.25) is 0 Å². The lowest BCUT2D eigenvalue weighted by atomic mass is 10.1. The maximum atomic E-state index is 11.9. The summed E-state index contributed by atoms with van der Waals surface area (Å²) in [6, 6.07) is 7.69. The molecule has 0 aliphatic carbocycles. The predicted octanol–water partition coefficient (Wildman–Crippen LogP) is 3.64. The van der Waals surface area contributed by atoms with E-state index in [2.05, 4.69) is 29.9 Å². The van der Waals surface area contributed by atoms with Crippen molar-refractivity contribution in [1.29, 1.82) is 0 Å². The number of carbonyl (C=O) groups is 1. The van der Waals surface area contributed by atoms with Gasteiger partial charge in [-0.25, -0.2) is 4.79 Å². The summed E-state index contributed by atoms with van der Waals surface area (Å²) in [5, 5.41) is 15.4. The Kier molecular flexibility index (Phi) is 7.61. The van der Waals surface area contributed by atoms with E-state index in [0.717, 1.165) is 5.69 Å². The summed E-state index contributed by atoms with van der Waals surface area (Å²) in [6.07, 6.45) is 2.41. The average molecular weight is 310 g/mol. The molecular weight excluding hydrogens is 284 g/mol. The number of anilines is 1. The SMILES string of the molecule is CS[C@H](C)c1cccc(NC(=O)NC[C@H](C)C[C@@H](C)O)c1. The first-order chi connectivity index (χ1) is 9.92. The van der Waals surface area contributed by atoms with Crippen LogP contribution in [0.3, 0.4) is 0 Å². The Morgan fingerprint density at radius 2 is 2.05 bits per heavy atom. The molecule has 0 spiro atoms. The number of rotatable bonds is 7. The minimum absolute atomic E-state index is 0.207. The molecule has 3 N–H and O–H groups in total. The van der Waals surface area contributed by atoms with Gasteiger partial charge in [-0.3, -0.25) is 0 Å². The van der Waals surface area contributed by atoms with Gasteiger partial charge in [-0.05, 0) is 50.1 Å². The van der Waals surface area contributed by atoms with Gasteiger partial charge in [0.05, 0.1) is 6.10 Å². The number of hydrogen-bond donors (Lipinski definition) is 3. The van der Waals surface area contributed by atoms with Crippen LogP contribution in [0.15, 0.2) is 24.3 Å². The summed E-state index contributed by atoms with van der Waals surface area (Å²) >= 11 is 1.77. The van der Waals surface area contributed by atoms with Gasteiger partial charge in [0.25, 0.3) is 0 Å². The number of aliphatic hydroxyl groups is 1. The summed E-state index contributed by atoms with van der Waals surface area (Å²) in [5.74, 6) is 0.249. The lowest BCUT2D eigenvalue weighted by Gasteiger charge is -2.15. The summed E-state index contributed by atoms with van der Waals surface area (Å²) in [6.45, 7) is 6.46. The van der Waals surface area contributed by atoms with Crippen LogP contribution >= 0.6 is 11.8 Å². The van der Waals surface area contributed by atoms with Crippen molar-refractivity contribution in [3.05, 3.63) is 29.8 Å². The summed E-state index contributed by atoms with van der Waals surface area (Å²) in [4.78, 5) is 11.9.